The fraction of sp³-hybridized carbons (Fsp3) is 0.364. The van der Waals surface area contributed by atoms with Crippen molar-refractivity contribution in [2.75, 3.05) is 0 Å². The molecule has 0 spiro atoms. The van der Waals surface area contributed by atoms with Crippen LogP contribution in [0.4, 0.5) is 13.2 Å². The number of amides is 1. The van der Waals surface area contributed by atoms with Gasteiger partial charge in [0, 0.05) is 22.4 Å². The monoisotopic (exact) mass is 447 g/mol. The standard InChI is InChI=1S/C22H20F3N5O2/c1-13-14-10-18(19(11-14)32-20-7-6-15(12-26-20)22(23,24)25)29(13)21(31)16-4-2-3-5-17(16)30-27-8-9-28-30/h2-9,12-14,18-19H,10-11H2,1H3/t13-,14-,18+,19-/m1/s1/i1D3,13D. The molecule has 7 nitrogen and oxygen atoms in total. The van der Waals surface area contributed by atoms with Crippen LogP contribution in [-0.4, -0.2) is 48.9 Å². The Kier molecular flexibility index (Phi) is 3.86. The van der Waals surface area contributed by atoms with Crippen molar-refractivity contribution < 1.29 is 28.2 Å². The first kappa shape index (κ1) is 16.2. The van der Waals surface area contributed by atoms with Crippen molar-refractivity contribution >= 4 is 5.91 Å². The number of pyridine rings is 1. The van der Waals surface area contributed by atoms with Crippen LogP contribution in [0.1, 0.15) is 41.1 Å². The normalized spacial score (nSPS) is 29.2. The number of hydrogen-bond acceptors (Lipinski definition) is 5. The molecule has 0 unspecified atom stereocenters. The van der Waals surface area contributed by atoms with Crippen LogP contribution < -0.4 is 4.74 Å². The van der Waals surface area contributed by atoms with E-state index in [0.29, 0.717) is 11.9 Å². The summed E-state index contributed by atoms with van der Waals surface area (Å²) in [6, 6.07) is 5.28. The zero-order chi connectivity index (χ0) is 25.9. The van der Waals surface area contributed by atoms with E-state index in [4.69, 9.17) is 10.2 Å². The van der Waals surface area contributed by atoms with Crippen LogP contribution in [-0.2, 0) is 6.18 Å². The molecule has 4 atom stereocenters. The van der Waals surface area contributed by atoms with Gasteiger partial charge in [0.15, 0.2) is 0 Å². The Morgan fingerprint density at radius 1 is 1.19 bits per heavy atom. The van der Waals surface area contributed by atoms with Gasteiger partial charge in [-0.05, 0) is 43.8 Å². The number of aromatic nitrogens is 4. The first-order chi connectivity index (χ1) is 16.9. The van der Waals surface area contributed by atoms with E-state index in [0.717, 1.165) is 17.0 Å². The number of fused-ring (bicyclic) bond motifs is 2. The molecule has 2 aromatic heterocycles. The van der Waals surface area contributed by atoms with Crippen LogP contribution in [0.3, 0.4) is 0 Å². The lowest BCUT2D eigenvalue weighted by Gasteiger charge is -2.38. The summed E-state index contributed by atoms with van der Waals surface area (Å²) in [5, 5.41) is 8.10. The number of likely N-dealkylation sites (tertiary alicyclic amines) is 1. The van der Waals surface area contributed by atoms with Gasteiger partial charge in [-0.3, -0.25) is 4.79 Å². The van der Waals surface area contributed by atoms with E-state index >= 15 is 0 Å². The van der Waals surface area contributed by atoms with Gasteiger partial charge in [-0.15, -0.1) is 0 Å². The minimum absolute atomic E-state index is 0.0847. The van der Waals surface area contributed by atoms with Gasteiger partial charge in [0.05, 0.1) is 36.6 Å². The quantitative estimate of drug-likeness (QED) is 0.609. The predicted octanol–water partition coefficient (Wildman–Crippen LogP) is 3.75. The highest BCUT2D eigenvalue weighted by Gasteiger charge is 2.53. The smallest absolute Gasteiger partial charge is 0.417 e. The number of benzene rings is 1. The van der Waals surface area contributed by atoms with Gasteiger partial charge in [0.2, 0.25) is 5.88 Å². The van der Waals surface area contributed by atoms with Gasteiger partial charge in [-0.1, -0.05) is 12.1 Å². The van der Waals surface area contributed by atoms with E-state index in [2.05, 4.69) is 15.2 Å². The molecule has 32 heavy (non-hydrogen) atoms. The molecule has 1 saturated heterocycles. The SMILES string of the molecule is [2H]C([2H])([2H])[C@]1([2H])[C@H]2C[C@@H](Oc3ccc(C(F)(F)F)cn3)[C@H](C2)N1C(=O)c1ccccc1-n1nccn1. The Hall–Kier alpha value is -3.43. The van der Waals surface area contributed by atoms with Crippen molar-refractivity contribution in [3.05, 3.63) is 66.1 Å². The molecule has 5 rings (SSSR count). The van der Waals surface area contributed by atoms with E-state index in [9.17, 15) is 18.0 Å². The average Bonchev–Trinajstić information content (AvgIpc) is 3.55. The lowest BCUT2D eigenvalue weighted by atomic mass is 9.98. The number of halogens is 3. The maximum Gasteiger partial charge on any atom is 0.417 e. The highest BCUT2D eigenvalue weighted by Crippen LogP contribution is 2.44. The molecule has 1 aliphatic heterocycles. The highest BCUT2D eigenvalue weighted by molar-refractivity contribution is 5.98. The van der Waals surface area contributed by atoms with Crippen LogP contribution >= 0.6 is 0 Å². The first-order valence-electron chi connectivity index (χ1n) is 11.9. The molecule has 166 valence electrons. The summed E-state index contributed by atoms with van der Waals surface area (Å²) in [6.45, 7) is -2.82. The molecule has 1 saturated carbocycles. The third-order valence-electron chi connectivity index (χ3n) is 5.77. The maximum absolute atomic E-state index is 13.9. The summed E-state index contributed by atoms with van der Waals surface area (Å²) in [5.41, 5.74) is -0.519. The number of nitrogens with zero attached hydrogens (tertiary/aromatic N) is 5. The number of hydrogen-bond donors (Lipinski definition) is 0. The summed E-state index contributed by atoms with van der Waals surface area (Å²) in [4.78, 5) is 19.8. The minimum Gasteiger partial charge on any atom is -0.472 e. The van der Waals surface area contributed by atoms with Crippen molar-refractivity contribution in [3.8, 4) is 11.6 Å². The van der Waals surface area contributed by atoms with Gasteiger partial charge in [-0.25, -0.2) is 4.98 Å². The van der Waals surface area contributed by atoms with Crippen LogP contribution in [0.2, 0.25) is 0 Å². The Balaban J connectivity index is 1.49. The van der Waals surface area contributed by atoms with Crippen molar-refractivity contribution in [2.45, 2.75) is 44.0 Å². The van der Waals surface area contributed by atoms with Gasteiger partial charge in [0.25, 0.3) is 5.91 Å². The second-order valence-corrected chi connectivity index (χ2v) is 7.67. The summed E-state index contributed by atoms with van der Waals surface area (Å²) in [6.07, 6.45) is -1.46. The average molecular weight is 447 g/mol. The number of para-hydroxylation sites is 1. The van der Waals surface area contributed by atoms with Gasteiger partial charge < -0.3 is 9.64 Å². The molecule has 1 aromatic carbocycles. The Bertz CT molecular complexity index is 1270. The topological polar surface area (TPSA) is 73.1 Å². The molecular formula is C22H20F3N5O2. The van der Waals surface area contributed by atoms with Crippen molar-refractivity contribution in [1.82, 2.24) is 24.9 Å². The summed E-state index contributed by atoms with van der Waals surface area (Å²) in [5.74, 6) is -1.53. The molecule has 0 N–H and O–H groups in total. The number of rotatable bonds is 4. The fourth-order valence-electron chi connectivity index (χ4n) is 4.31. The largest absolute Gasteiger partial charge is 0.472 e. The minimum atomic E-state index is -4.55. The molecule has 3 heterocycles. The zero-order valence-corrected chi connectivity index (χ0v) is 16.5. The maximum atomic E-state index is 13.9. The van der Waals surface area contributed by atoms with Crippen molar-refractivity contribution in [2.24, 2.45) is 5.92 Å². The fourth-order valence-corrected chi connectivity index (χ4v) is 4.31. The molecule has 1 aliphatic carbocycles. The summed E-state index contributed by atoms with van der Waals surface area (Å²) < 4.78 is 77.7. The van der Waals surface area contributed by atoms with Crippen molar-refractivity contribution in [1.29, 1.82) is 0 Å². The van der Waals surface area contributed by atoms with Crippen LogP contribution in [0.5, 0.6) is 5.88 Å². The molecule has 1 amide bonds. The number of carbonyl (C=O) groups excluding carboxylic acids is 1. The Morgan fingerprint density at radius 3 is 2.66 bits per heavy atom. The molecule has 3 aromatic rings. The van der Waals surface area contributed by atoms with E-state index in [1.54, 1.807) is 18.2 Å². The molecule has 2 bridgehead atoms. The van der Waals surface area contributed by atoms with Crippen LogP contribution in [0.25, 0.3) is 5.69 Å². The first-order valence-corrected chi connectivity index (χ1v) is 9.90. The van der Waals surface area contributed by atoms with Crippen molar-refractivity contribution in [3.63, 3.8) is 0 Å². The van der Waals surface area contributed by atoms with E-state index in [-0.39, 0.29) is 24.3 Å². The number of alkyl halides is 3. The third kappa shape index (κ3) is 3.49. The second kappa shape index (κ2) is 7.61. The van der Waals surface area contributed by atoms with E-state index < -0.39 is 48.6 Å². The molecule has 10 heteroatoms. The third-order valence-corrected chi connectivity index (χ3v) is 5.77. The molecule has 2 aliphatic rings. The zero-order valence-electron chi connectivity index (χ0n) is 20.5. The number of carbonyl (C=O) groups is 1. The lowest BCUT2D eigenvalue weighted by Crippen LogP contribution is -2.51. The molecular weight excluding hydrogens is 423 g/mol. The van der Waals surface area contributed by atoms with Gasteiger partial charge in [0.1, 0.15) is 6.10 Å². The predicted molar refractivity (Wildman–Crippen MR) is 107 cm³/mol. The van der Waals surface area contributed by atoms with Gasteiger partial charge >= 0.3 is 6.18 Å². The number of piperidine rings is 1. The summed E-state index contributed by atoms with van der Waals surface area (Å²) >= 11 is 0. The van der Waals surface area contributed by atoms with Crippen LogP contribution in [0.15, 0.2) is 55.0 Å². The molecule has 2 fully saturated rings. The van der Waals surface area contributed by atoms with Gasteiger partial charge in [-0.2, -0.15) is 28.2 Å². The highest BCUT2D eigenvalue weighted by atomic mass is 19.4. The summed E-state index contributed by atoms with van der Waals surface area (Å²) in [7, 11) is 0. The van der Waals surface area contributed by atoms with Crippen LogP contribution in [0, 0.1) is 5.92 Å². The number of ether oxygens (including phenoxy) is 1. The Morgan fingerprint density at radius 2 is 1.97 bits per heavy atom. The van der Waals surface area contributed by atoms with E-state index in [1.807, 2.05) is 0 Å². The Labute approximate surface area is 187 Å². The molecule has 0 radical (unpaired) electrons. The lowest BCUT2D eigenvalue weighted by molar-refractivity contribution is -0.137. The second-order valence-electron chi connectivity index (χ2n) is 7.67. The van der Waals surface area contributed by atoms with E-state index in [1.165, 1.54) is 23.3 Å².